The number of allylic oxidation sites excluding steroid dienone is 1. The van der Waals surface area contributed by atoms with E-state index in [2.05, 4.69) is 6.92 Å². The fourth-order valence-electron chi connectivity index (χ4n) is 2.89. The molecule has 1 saturated heterocycles. The largest absolute Gasteiger partial charge is 0.489 e. The van der Waals surface area contributed by atoms with E-state index < -0.39 is 15.4 Å². The van der Waals surface area contributed by atoms with Crippen LogP contribution in [-0.2, 0) is 19.3 Å². The highest BCUT2D eigenvalue weighted by atomic mass is 32.2. The molecule has 1 aromatic rings. The van der Waals surface area contributed by atoms with Crippen molar-refractivity contribution in [2.24, 2.45) is 0 Å². The maximum absolute atomic E-state index is 12.8. The highest BCUT2D eigenvalue weighted by Crippen LogP contribution is 2.29. The van der Waals surface area contributed by atoms with Crippen LogP contribution in [-0.4, -0.2) is 46.7 Å². The lowest BCUT2D eigenvalue weighted by atomic mass is 9.97. The Bertz CT molecular complexity index is 670. The summed E-state index contributed by atoms with van der Waals surface area (Å²) in [5.41, 5.74) is 0.548. The molecular formula is C19H28O5S. The van der Waals surface area contributed by atoms with Crippen LogP contribution in [0.1, 0.15) is 33.1 Å². The number of hydrogen-bond donors (Lipinski definition) is 0. The Hall–Kier alpha value is -1.37. The Balaban J connectivity index is 2.06. The third kappa shape index (κ3) is 5.30. The first-order chi connectivity index (χ1) is 11.9. The Morgan fingerprint density at radius 2 is 1.88 bits per heavy atom. The van der Waals surface area contributed by atoms with Crippen molar-refractivity contribution in [1.82, 2.24) is 0 Å². The molecule has 0 spiro atoms. The van der Waals surface area contributed by atoms with Crippen LogP contribution in [0.25, 0.3) is 0 Å². The van der Waals surface area contributed by atoms with Crippen LogP contribution in [0.3, 0.4) is 0 Å². The summed E-state index contributed by atoms with van der Waals surface area (Å²) in [5, 5.41) is 0. The van der Waals surface area contributed by atoms with E-state index in [4.69, 9.17) is 14.2 Å². The summed E-state index contributed by atoms with van der Waals surface area (Å²) in [7, 11) is -1.86. The Kier molecular flexibility index (Phi) is 7.04. The summed E-state index contributed by atoms with van der Waals surface area (Å²) in [6, 6.07) is 6.63. The summed E-state index contributed by atoms with van der Waals surface area (Å²) >= 11 is 0. The van der Waals surface area contributed by atoms with Crippen LogP contribution in [0.4, 0.5) is 0 Å². The first-order valence-electron chi connectivity index (χ1n) is 8.67. The smallest absolute Gasteiger partial charge is 0.181 e. The second-order valence-corrected chi connectivity index (χ2v) is 8.31. The standard InChI is InChI=1S/C19H28O5S/c1-4-16(5-2)14-24-17-6-8-18(9-7-17)25(20,21)15-19(22-3)10-12-23-13-11-19/h4,6-9H,5,10-15H2,1-3H3/b16-4+. The highest BCUT2D eigenvalue weighted by Gasteiger charge is 2.37. The van der Waals surface area contributed by atoms with Gasteiger partial charge in [0, 0.05) is 33.2 Å². The third-order valence-corrected chi connectivity index (χ3v) is 6.66. The van der Waals surface area contributed by atoms with Gasteiger partial charge in [-0.3, -0.25) is 0 Å². The molecule has 0 N–H and O–H groups in total. The van der Waals surface area contributed by atoms with Crippen molar-refractivity contribution in [2.75, 3.05) is 32.7 Å². The molecule has 1 aromatic carbocycles. The zero-order valence-corrected chi connectivity index (χ0v) is 16.1. The van der Waals surface area contributed by atoms with Gasteiger partial charge >= 0.3 is 0 Å². The van der Waals surface area contributed by atoms with E-state index in [-0.39, 0.29) is 5.75 Å². The molecule has 1 aliphatic rings. The number of hydrogen-bond acceptors (Lipinski definition) is 5. The van der Waals surface area contributed by atoms with E-state index in [1.165, 1.54) is 5.57 Å². The second-order valence-electron chi connectivity index (χ2n) is 6.32. The van der Waals surface area contributed by atoms with Crippen LogP contribution in [0, 0.1) is 0 Å². The topological polar surface area (TPSA) is 61.8 Å². The van der Waals surface area contributed by atoms with Crippen molar-refractivity contribution in [3.8, 4) is 5.75 Å². The molecular weight excluding hydrogens is 340 g/mol. The zero-order valence-electron chi connectivity index (χ0n) is 15.3. The van der Waals surface area contributed by atoms with Crippen LogP contribution in [0.15, 0.2) is 40.8 Å². The number of benzene rings is 1. The third-order valence-electron chi connectivity index (χ3n) is 4.76. The second kappa shape index (κ2) is 8.83. The van der Waals surface area contributed by atoms with Crippen molar-refractivity contribution in [1.29, 1.82) is 0 Å². The molecule has 0 unspecified atom stereocenters. The molecule has 0 saturated carbocycles. The SMILES string of the molecule is C/C=C(\CC)COc1ccc(S(=O)(=O)CC2(OC)CCOCC2)cc1. The zero-order chi connectivity index (χ0) is 18.3. The summed E-state index contributed by atoms with van der Waals surface area (Å²) in [4.78, 5) is 0.296. The van der Waals surface area contributed by atoms with Gasteiger partial charge in [0.2, 0.25) is 0 Å². The summed E-state index contributed by atoms with van der Waals surface area (Å²) < 4.78 is 42.1. The lowest BCUT2D eigenvalue weighted by Crippen LogP contribution is -2.44. The van der Waals surface area contributed by atoms with E-state index >= 15 is 0 Å². The Morgan fingerprint density at radius 1 is 1.24 bits per heavy atom. The van der Waals surface area contributed by atoms with E-state index in [0.29, 0.717) is 43.3 Å². The lowest BCUT2D eigenvalue weighted by Gasteiger charge is -2.35. The molecule has 1 fully saturated rings. The minimum Gasteiger partial charge on any atom is -0.489 e. The Morgan fingerprint density at radius 3 is 2.40 bits per heavy atom. The average Bonchev–Trinajstić information content (AvgIpc) is 2.63. The molecule has 0 aliphatic carbocycles. The van der Waals surface area contributed by atoms with Gasteiger partial charge in [0.1, 0.15) is 12.4 Å². The van der Waals surface area contributed by atoms with Gasteiger partial charge in [-0.25, -0.2) is 8.42 Å². The van der Waals surface area contributed by atoms with Crippen molar-refractivity contribution < 1.29 is 22.6 Å². The van der Waals surface area contributed by atoms with Crippen LogP contribution in [0.2, 0.25) is 0 Å². The van der Waals surface area contributed by atoms with Gasteiger partial charge in [0.15, 0.2) is 9.84 Å². The maximum Gasteiger partial charge on any atom is 0.181 e. The number of rotatable bonds is 8. The normalized spacial score (nSPS) is 18.1. The van der Waals surface area contributed by atoms with Crippen LogP contribution < -0.4 is 4.74 Å². The van der Waals surface area contributed by atoms with Gasteiger partial charge in [0.05, 0.1) is 16.2 Å². The quantitative estimate of drug-likeness (QED) is 0.658. The lowest BCUT2D eigenvalue weighted by molar-refractivity contribution is -0.0750. The van der Waals surface area contributed by atoms with E-state index in [1.54, 1.807) is 31.4 Å². The highest BCUT2D eigenvalue weighted by molar-refractivity contribution is 7.91. The molecule has 0 bridgehead atoms. The van der Waals surface area contributed by atoms with E-state index in [9.17, 15) is 8.42 Å². The van der Waals surface area contributed by atoms with Crippen LogP contribution in [0.5, 0.6) is 5.75 Å². The number of methoxy groups -OCH3 is 1. The molecule has 1 aliphatic heterocycles. The first-order valence-corrected chi connectivity index (χ1v) is 10.3. The molecule has 2 rings (SSSR count). The van der Waals surface area contributed by atoms with Gasteiger partial charge < -0.3 is 14.2 Å². The fourth-order valence-corrected chi connectivity index (χ4v) is 4.71. The minimum absolute atomic E-state index is 0.0291. The predicted octanol–water partition coefficient (Wildman–Crippen LogP) is 3.39. The van der Waals surface area contributed by atoms with Gasteiger partial charge in [-0.05, 0) is 43.2 Å². The Labute approximate surface area is 150 Å². The molecule has 5 nitrogen and oxygen atoms in total. The maximum atomic E-state index is 12.8. The molecule has 0 radical (unpaired) electrons. The van der Waals surface area contributed by atoms with Crippen molar-refractivity contribution in [3.05, 3.63) is 35.9 Å². The monoisotopic (exact) mass is 368 g/mol. The molecule has 1 heterocycles. The fraction of sp³-hybridized carbons (Fsp3) is 0.579. The van der Waals surface area contributed by atoms with Crippen molar-refractivity contribution >= 4 is 9.84 Å². The predicted molar refractivity (Wildman–Crippen MR) is 97.8 cm³/mol. The molecule has 6 heteroatoms. The number of sulfone groups is 1. The van der Waals surface area contributed by atoms with E-state index in [0.717, 1.165) is 6.42 Å². The molecule has 25 heavy (non-hydrogen) atoms. The first kappa shape index (κ1) is 19.9. The number of ether oxygens (including phenoxy) is 3. The molecule has 0 atom stereocenters. The molecule has 140 valence electrons. The van der Waals surface area contributed by atoms with E-state index in [1.807, 2.05) is 13.0 Å². The van der Waals surface area contributed by atoms with Gasteiger partial charge in [-0.1, -0.05) is 13.0 Å². The van der Waals surface area contributed by atoms with Gasteiger partial charge in [-0.2, -0.15) is 0 Å². The minimum atomic E-state index is -3.44. The average molecular weight is 368 g/mol. The summed E-state index contributed by atoms with van der Waals surface area (Å²) in [5.74, 6) is 0.637. The van der Waals surface area contributed by atoms with Crippen LogP contribution >= 0.6 is 0 Å². The van der Waals surface area contributed by atoms with Gasteiger partial charge in [0.25, 0.3) is 0 Å². The molecule has 0 aromatic heterocycles. The van der Waals surface area contributed by atoms with Crippen molar-refractivity contribution in [3.63, 3.8) is 0 Å². The van der Waals surface area contributed by atoms with Gasteiger partial charge in [-0.15, -0.1) is 0 Å². The molecule has 0 amide bonds. The summed E-state index contributed by atoms with van der Waals surface area (Å²) in [6.45, 7) is 5.64. The summed E-state index contributed by atoms with van der Waals surface area (Å²) in [6.07, 6.45) is 4.16. The van der Waals surface area contributed by atoms with Crippen molar-refractivity contribution in [2.45, 2.75) is 43.6 Å².